The van der Waals surface area contributed by atoms with Crippen LogP contribution in [0.15, 0.2) is 60.4 Å². The number of Topliss-reactive ketones (excluding diaryl/α,β-unsaturated/α-hetero) is 1. The molecule has 0 amide bonds. The van der Waals surface area contributed by atoms with Gasteiger partial charge in [-0.15, -0.1) is 0 Å². The number of hydrogen-bond donors (Lipinski definition) is 1. The quantitative estimate of drug-likeness (QED) is 0.715. The molecule has 2 aromatic heterocycles. The van der Waals surface area contributed by atoms with Crippen molar-refractivity contribution >= 4 is 11.9 Å². The Kier molecular flexibility index (Phi) is 3.94. The molecule has 3 aromatic rings. The second kappa shape index (κ2) is 6.49. The lowest BCUT2D eigenvalue weighted by molar-refractivity contribution is 0.0812. The number of carbonyl (C=O) groups excluding carboxylic acids is 1. The molecule has 0 bridgehead atoms. The first-order valence-electron chi connectivity index (χ1n) is 9.38. The van der Waals surface area contributed by atoms with Crippen molar-refractivity contribution in [1.82, 2.24) is 20.1 Å². The third-order valence-corrected chi connectivity index (χ3v) is 5.71. The number of piperidine rings is 1. The van der Waals surface area contributed by atoms with Gasteiger partial charge in [0.15, 0.2) is 5.78 Å². The van der Waals surface area contributed by atoms with E-state index in [2.05, 4.69) is 21.5 Å². The maximum atomic E-state index is 13.5. The highest BCUT2D eigenvalue weighted by atomic mass is 19.1. The van der Waals surface area contributed by atoms with Gasteiger partial charge in [-0.2, -0.15) is 5.10 Å². The second-order valence-corrected chi connectivity index (χ2v) is 7.34. The zero-order valence-electron chi connectivity index (χ0n) is 15.2. The van der Waals surface area contributed by atoms with Gasteiger partial charge in [0.25, 0.3) is 0 Å². The van der Waals surface area contributed by atoms with Crippen molar-refractivity contribution in [2.45, 2.75) is 12.8 Å². The third-order valence-electron chi connectivity index (χ3n) is 5.71. The molecule has 6 heteroatoms. The summed E-state index contributed by atoms with van der Waals surface area (Å²) < 4.78 is 15.1. The van der Waals surface area contributed by atoms with E-state index in [0.717, 1.165) is 35.5 Å². The number of halogens is 1. The standard InChI is InChI=1S/C22H19FN4O/c23-17-4-6-18(7-5-17)27-20-11-16-8-10-24-14-22(16,12-15(20)13-26-27)21(28)19-3-1-2-9-25-19/h1-7,9,11,13,24H,8,10,12,14H2. The van der Waals surface area contributed by atoms with Crippen LogP contribution in [0.1, 0.15) is 28.2 Å². The van der Waals surface area contributed by atoms with E-state index >= 15 is 0 Å². The molecule has 140 valence electrons. The number of fused-ring (bicyclic) bond motifs is 2. The van der Waals surface area contributed by atoms with E-state index in [1.165, 1.54) is 12.1 Å². The molecular formula is C22H19FN4O. The lowest BCUT2D eigenvalue weighted by atomic mass is 9.65. The second-order valence-electron chi connectivity index (χ2n) is 7.34. The van der Waals surface area contributed by atoms with Gasteiger partial charge in [0, 0.05) is 12.7 Å². The Morgan fingerprint density at radius 1 is 1.18 bits per heavy atom. The van der Waals surface area contributed by atoms with E-state index in [-0.39, 0.29) is 11.6 Å². The summed E-state index contributed by atoms with van der Waals surface area (Å²) in [5, 5.41) is 7.91. The van der Waals surface area contributed by atoms with Gasteiger partial charge in [0.05, 0.1) is 23.0 Å². The zero-order valence-corrected chi connectivity index (χ0v) is 15.2. The molecule has 3 heterocycles. The fourth-order valence-corrected chi connectivity index (χ4v) is 4.27. The minimum absolute atomic E-state index is 0.0479. The van der Waals surface area contributed by atoms with Gasteiger partial charge >= 0.3 is 0 Å². The molecule has 5 nitrogen and oxygen atoms in total. The number of nitrogens with one attached hydrogen (secondary N) is 1. The summed E-state index contributed by atoms with van der Waals surface area (Å²) in [4.78, 5) is 17.8. The molecule has 1 aromatic carbocycles. The van der Waals surface area contributed by atoms with Crippen molar-refractivity contribution in [2.75, 3.05) is 13.1 Å². The summed E-state index contributed by atoms with van der Waals surface area (Å²) in [6.45, 7) is 1.43. The Labute approximate surface area is 161 Å². The van der Waals surface area contributed by atoms with Crippen molar-refractivity contribution < 1.29 is 9.18 Å². The molecule has 1 aliphatic heterocycles. The first-order valence-corrected chi connectivity index (χ1v) is 9.38. The normalized spacial score (nSPS) is 20.8. The summed E-state index contributed by atoms with van der Waals surface area (Å²) in [5.74, 6) is -0.229. The van der Waals surface area contributed by atoms with Crippen LogP contribution in [-0.4, -0.2) is 33.6 Å². The van der Waals surface area contributed by atoms with Crippen molar-refractivity contribution in [2.24, 2.45) is 5.41 Å². The van der Waals surface area contributed by atoms with E-state index in [9.17, 15) is 9.18 Å². The first kappa shape index (κ1) is 17.0. The first-order chi connectivity index (χ1) is 13.7. The van der Waals surface area contributed by atoms with E-state index < -0.39 is 5.41 Å². The molecule has 28 heavy (non-hydrogen) atoms. The molecule has 1 unspecified atom stereocenters. The van der Waals surface area contributed by atoms with Crippen LogP contribution in [0.2, 0.25) is 0 Å². The highest BCUT2D eigenvalue weighted by Gasteiger charge is 2.47. The predicted molar refractivity (Wildman–Crippen MR) is 104 cm³/mol. The number of pyridine rings is 1. The number of benzene rings is 1. The van der Waals surface area contributed by atoms with Crippen LogP contribution < -0.4 is 5.32 Å². The summed E-state index contributed by atoms with van der Waals surface area (Å²) in [6.07, 6.45) is 6.94. The van der Waals surface area contributed by atoms with Crippen molar-refractivity contribution in [3.8, 4) is 5.69 Å². The van der Waals surface area contributed by atoms with Crippen LogP contribution in [0, 0.1) is 11.2 Å². The number of hydrogen-bond acceptors (Lipinski definition) is 4. The lowest BCUT2D eigenvalue weighted by Gasteiger charge is -2.41. The molecule has 0 spiro atoms. The molecular weight excluding hydrogens is 355 g/mol. The fourth-order valence-electron chi connectivity index (χ4n) is 4.27. The molecule has 1 N–H and O–H groups in total. The molecule has 2 aliphatic rings. The van der Waals surface area contributed by atoms with Crippen LogP contribution >= 0.6 is 0 Å². The van der Waals surface area contributed by atoms with Gasteiger partial charge in [0.1, 0.15) is 11.5 Å². The zero-order chi connectivity index (χ0) is 19.1. The summed E-state index contributed by atoms with van der Waals surface area (Å²) in [7, 11) is 0. The fraction of sp³-hybridized carbons (Fsp3) is 0.227. The predicted octanol–water partition coefficient (Wildman–Crippen LogP) is 3.21. The summed E-state index contributed by atoms with van der Waals surface area (Å²) in [5.41, 5.74) is 3.76. The minimum atomic E-state index is -0.629. The van der Waals surface area contributed by atoms with Gasteiger partial charge in [-0.1, -0.05) is 11.6 Å². The van der Waals surface area contributed by atoms with Crippen molar-refractivity contribution in [1.29, 1.82) is 0 Å². The molecule has 1 fully saturated rings. The van der Waals surface area contributed by atoms with E-state index in [1.54, 1.807) is 24.4 Å². The van der Waals surface area contributed by atoms with E-state index in [4.69, 9.17) is 0 Å². The van der Waals surface area contributed by atoms with Gasteiger partial charge in [0.2, 0.25) is 0 Å². The van der Waals surface area contributed by atoms with Crippen molar-refractivity contribution in [3.05, 3.63) is 83.2 Å². The molecule has 0 radical (unpaired) electrons. The Morgan fingerprint density at radius 3 is 2.82 bits per heavy atom. The van der Waals surface area contributed by atoms with Crippen LogP contribution in [0.5, 0.6) is 0 Å². The van der Waals surface area contributed by atoms with Gasteiger partial charge in [-0.25, -0.2) is 9.07 Å². The highest BCUT2D eigenvalue weighted by molar-refractivity contribution is 6.02. The number of ketones is 1. The summed E-state index contributed by atoms with van der Waals surface area (Å²) >= 11 is 0. The maximum absolute atomic E-state index is 13.5. The Bertz CT molecular complexity index is 1070. The van der Waals surface area contributed by atoms with Crippen LogP contribution in [0.25, 0.3) is 11.8 Å². The topological polar surface area (TPSA) is 59.8 Å². The van der Waals surface area contributed by atoms with E-state index in [0.29, 0.717) is 18.7 Å². The molecule has 0 saturated carbocycles. The largest absolute Gasteiger partial charge is 0.315 e. The average Bonchev–Trinajstić information content (AvgIpc) is 3.15. The smallest absolute Gasteiger partial charge is 0.192 e. The Hall–Kier alpha value is -3.12. The van der Waals surface area contributed by atoms with E-state index in [1.807, 2.05) is 23.0 Å². The van der Waals surface area contributed by atoms with Gasteiger partial charge in [-0.3, -0.25) is 9.78 Å². The third kappa shape index (κ3) is 2.60. The number of rotatable bonds is 3. The molecule has 1 atom stereocenters. The van der Waals surface area contributed by atoms with Gasteiger partial charge in [-0.05, 0) is 67.4 Å². The number of carbonyl (C=O) groups is 1. The maximum Gasteiger partial charge on any atom is 0.192 e. The Morgan fingerprint density at radius 2 is 2.04 bits per heavy atom. The monoisotopic (exact) mass is 374 g/mol. The molecule has 5 rings (SSSR count). The lowest BCUT2D eigenvalue weighted by Crippen LogP contribution is -2.50. The SMILES string of the molecule is O=C(c1ccccn1)C12CNCCC1=Cc1c(cnn1-c1ccc(F)cc1)C2. The number of nitrogens with zero attached hydrogens (tertiary/aromatic N) is 3. The van der Waals surface area contributed by atoms with Crippen molar-refractivity contribution in [3.63, 3.8) is 0 Å². The highest BCUT2D eigenvalue weighted by Crippen LogP contribution is 2.44. The van der Waals surface area contributed by atoms with Crippen LogP contribution in [-0.2, 0) is 6.42 Å². The molecule has 1 saturated heterocycles. The molecule has 1 aliphatic carbocycles. The minimum Gasteiger partial charge on any atom is -0.315 e. The van der Waals surface area contributed by atoms with Gasteiger partial charge < -0.3 is 5.32 Å². The number of aromatic nitrogens is 3. The van der Waals surface area contributed by atoms with Crippen LogP contribution in [0.4, 0.5) is 4.39 Å². The summed E-state index contributed by atoms with van der Waals surface area (Å²) in [6, 6.07) is 11.7. The average molecular weight is 374 g/mol. The van der Waals surface area contributed by atoms with Crippen LogP contribution in [0.3, 0.4) is 0 Å². The Balaban J connectivity index is 1.60.